The van der Waals surface area contributed by atoms with E-state index in [2.05, 4.69) is 10.1 Å². The lowest BCUT2D eigenvalue weighted by molar-refractivity contribution is 0.0642. The summed E-state index contributed by atoms with van der Waals surface area (Å²) in [6.07, 6.45) is 2.26. The van der Waals surface area contributed by atoms with Crippen molar-refractivity contribution in [2.75, 3.05) is 33.5 Å². The fourth-order valence-electron chi connectivity index (χ4n) is 1.26. The fraction of sp³-hybridized carbons (Fsp3) is 0.500. The largest absolute Gasteiger partial charge is 0.478 e. The summed E-state index contributed by atoms with van der Waals surface area (Å²) in [6.45, 7) is 2.31. The average Bonchev–Trinajstić information content (AvgIpc) is 2.46. The summed E-state index contributed by atoms with van der Waals surface area (Å²) in [7, 11) is 1.63. The van der Waals surface area contributed by atoms with Gasteiger partial charge in [-0.05, 0) is 6.07 Å². The molecule has 0 aromatic carbocycles. The van der Waals surface area contributed by atoms with Crippen LogP contribution in [0.1, 0.15) is 12.0 Å². The molecule has 7 heteroatoms. The lowest BCUT2D eigenvalue weighted by Crippen LogP contribution is -2.13. The van der Waals surface area contributed by atoms with Gasteiger partial charge in [0.1, 0.15) is 0 Å². The van der Waals surface area contributed by atoms with Crippen LogP contribution < -0.4 is 10.5 Å². The molecule has 0 aliphatic heterocycles. The first-order valence-electron chi connectivity index (χ1n) is 5.91. The molecule has 0 amide bonds. The highest BCUT2D eigenvalue weighted by atomic mass is 16.5. The van der Waals surface area contributed by atoms with Crippen molar-refractivity contribution >= 4 is 5.84 Å². The number of methoxy groups -OCH3 is 1. The van der Waals surface area contributed by atoms with Crippen LogP contribution in [0.2, 0.25) is 0 Å². The van der Waals surface area contributed by atoms with Crippen molar-refractivity contribution in [1.82, 2.24) is 4.98 Å². The molecule has 1 aromatic rings. The van der Waals surface area contributed by atoms with Crippen molar-refractivity contribution in [1.29, 1.82) is 0 Å². The molecule has 1 rings (SSSR count). The number of hydrogen-bond donors (Lipinski definition) is 2. The first-order chi connectivity index (χ1) is 9.27. The highest BCUT2D eigenvalue weighted by Gasteiger charge is 2.01. The van der Waals surface area contributed by atoms with E-state index < -0.39 is 0 Å². The summed E-state index contributed by atoms with van der Waals surface area (Å²) in [4.78, 5) is 4.04. The minimum atomic E-state index is 0.0191. The van der Waals surface area contributed by atoms with Gasteiger partial charge in [0.05, 0.1) is 19.8 Å². The van der Waals surface area contributed by atoms with Crippen molar-refractivity contribution in [3.05, 3.63) is 23.9 Å². The molecule has 0 spiro atoms. The zero-order chi connectivity index (χ0) is 13.9. The number of nitrogens with two attached hydrogens (primary N) is 1. The maximum atomic E-state index is 8.50. The molecule has 0 bridgehead atoms. The van der Waals surface area contributed by atoms with E-state index in [1.54, 1.807) is 19.2 Å². The summed E-state index contributed by atoms with van der Waals surface area (Å²) in [6, 6.07) is 3.34. The van der Waals surface area contributed by atoms with E-state index in [-0.39, 0.29) is 5.84 Å². The Hall–Kier alpha value is -1.86. The maximum absolute atomic E-state index is 8.50. The lowest BCUT2D eigenvalue weighted by Gasteiger charge is -2.06. The molecule has 0 fully saturated rings. The molecule has 0 atom stereocenters. The Morgan fingerprint density at radius 2 is 2.16 bits per heavy atom. The number of nitrogens with zero attached hydrogens (tertiary/aromatic N) is 2. The topological polar surface area (TPSA) is 99.2 Å². The number of rotatable bonds is 9. The molecule has 19 heavy (non-hydrogen) atoms. The van der Waals surface area contributed by atoms with Gasteiger partial charge in [-0.3, -0.25) is 0 Å². The van der Waals surface area contributed by atoms with Crippen LogP contribution in [0.25, 0.3) is 0 Å². The normalized spacial score (nSPS) is 11.5. The van der Waals surface area contributed by atoms with Gasteiger partial charge in [-0.2, -0.15) is 0 Å². The Bertz CT molecular complexity index is 381. The third kappa shape index (κ3) is 6.03. The first-order valence-corrected chi connectivity index (χ1v) is 5.91. The predicted octanol–water partition coefficient (Wildman–Crippen LogP) is 0.608. The van der Waals surface area contributed by atoms with Crippen molar-refractivity contribution in [3.63, 3.8) is 0 Å². The zero-order valence-electron chi connectivity index (χ0n) is 10.9. The van der Waals surface area contributed by atoms with Crippen LogP contribution in [-0.2, 0) is 9.47 Å². The van der Waals surface area contributed by atoms with Crippen LogP contribution in [0.15, 0.2) is 23.5 Å². The molecule has 106 valence electrons. The monoisotopic (exact) mass is 269 g/mol. The molecular formula is C12H19N3O4. The second-order valence-electron chi connectivity index (χ2n) is 3.68. The molecule has 0 aliphatic carbocycles. The van der Waals surface area contributed by atoms with Gasteiger partial charge in [0.25, 0.3) is 0 Å². The van der Waals surface area contributed by atoms with Crippen molar-refractivity contribution in [2.45, 2.75) is 6.42 Å². The predicted molar refractivity (Wildman–Crippen MR) is 69.6 cm³/mol. The van der Waals surface area contributed by atoms with E-state index in [0.717, 1.165) is 6.42 Å². The lowest BCUT2D eigenvalue weighted by atomic mass is 10.3. The summed E-state index contributed by atoms with van der Waals surface area (Å²) >= 11 is 0. The Morgan fingerprint density at radius 3 is 2.79 bits per heavy atom. The second-order valence-corrected chi connectivity index (χ2v) is 3.68. The highest BCUT2D eigenvalue weighted by molar-refractivity contribution is 5.96. The Morgan fingerprint density at radius 1 is 1.32 bits per heavy atom. The van der Waals surface area contributed by atoms with Gasteiger partial charge in [0.15, 0.2) is 5.84 Å². The molecule has 1 heterocycles. The number of oxime groups is 1. The molecular weight excluding hydrogens is 250 g/mol. The number of ether oxygens (including phenoxy) is 3. The van der Waals surface area contributed by atoms with Gasteiger partial charge >= 0.3 is 0 Å². The van der Waals surface area contributed by atoms with Crippen LogP contribution in [0.3, 0.4) is 0 Å². The minimum Gasteiger partial charge on any atom is -0.478 e. The highest BCUT2D eigenvalue weighted by Crippen LogP contribution is 2.07. The third-order valence-corrected chi connectivity index (χ3v) is 2.25. The van der Waals surface area contributed by atoms with E-state index in [9.17, 15) is 0 Å². The molecule has 0 saturated carbocycles. The maximum Gasteiger partial charge on any atom is 0.213 e. The van der Waals surface area contributed by atoms with Crippen molar-refractivity contribution < 1.29 is 19.4 Å². The molecule has 0 unspecified atom stereocenters. The summed E-state index contributed by atoms with van der Waals surface area (Å²) in [5, 5.41) is 11.4. The Labute approximate surface area is 112 Å². The van der Waals surface area contributed by atoms with E-state index in [1.807, 2.05) is 0 Å². The minimum absolute atomic E-state index is 0.0191. The van der Waals surface area contributed by atoms with E-state index >= 15 is 0 Å². The Kier molecular flexibility index (Phi) is 7.30. The summed E-state index contributed by atoms with van der Waals surface area (Å²) in [5.41, 5.74) is 5.96. The first kappa shape index (κ1) is 15.2. The second kappa shape index (κ2) is 9.12. The molecule has 0 aliphatic rings. The Balaban J connectivity index is 2.19. The van der Waals surface area contributed by atoms with Gasteiger partial charge in [-0.25, -0.2) is 4.98 Å². The quantitative estimate of drug-likeness (QED) is 0.224. The van der Waals surface area contributed by atoms with Crippen LogP contribution in [-0.4, -0.2) is 49.6 Å². The molecule has 0 radical (unpaired) electrons. The van der Waals surface area contributed by atoms with Crippen LogP contribution >= 0.6 is 0 Å². The van der Waals surface area contributed by atoms with Crippen LogP contribution in [0.5, 0.6) is 5.88 Å². The molecule has 7 nitrogen and oxygen atoms in total. The van der Waals surface area contributed by atoms with E-state index in [1.165, 1.54) is 6.20 Å². The standard InChI is InChI=1S/C12H19N3O4/c1-17-7-8-18-5-2-6-19-11-4-3-10(9-14-11)12(13)15-16/h3-4,9,16H,2,5-8H2,1H3,(H2,13,15). The number of hydrogen-bond acceptors (Lipinski definition) is 6. The smallest absolute Gasteiger partial charge is 0.213 e. The zero-order valence-corrected chi connectivity index (χ0v) is 10.9. The van der Waals surface area contributed by atoms with Crippen molar-refractivity contribution in [3.8, 4) is 5.88 Å². The van der Waals surface area contributed by atoms with Gasteiger partial charge < -0.3 is 25.2 Å². The molecule has 1 aromatic heterocycles. The van der Waals surface area contributed by atoms with Gasteiger partial charge in [-0.15, -0.1) is 0 Å². The SMILES string of the molecule is COCCOCCCOc1ccc(/C(N)=N/O)cn1. The fourth-order valence-corrected chi connectivity index (χ4v) is 1.26. The number of pyridine rings is 1. The van der Waals surface area contributed by atoms with E-state index in [0.29, 0.717) is 37.9 Å². The van der Waals surface area contributed by atoms with Gasteiger partial charge in [0, 0.05) is 38.0 Å². The average molecular weight is 269 g/mol. The number of amidine groups is 1. The number of aromatic nitrogens is 1. The van der Waals surface area contributed by atoms with Gasteiger partial charge in [0.2, 0.25) is 5.88 Å². The van der Waals surface area contributed by atoms with Crippen LogP contribution in [0.4, 0.5) is 0 Å². The molecule has 0 saturated heterocycles. The van der Waals surface area contributed by atoms with Crippen LogP contribution in [0, 0.1) is 0 Å². The summed E-state index contributed by atoms with van der Waals surface area (Å²) < 4.78 is 15.6. The van der Waals surface area contributed by atoms with Crippen molar-refractivity contribution in [2.24, 2.45) is 10.9 Å². The summed E-state index contributed by atoms with van der Waals surface area (Å²) in [5.74, 6) is 0.511. The van der Waals surface area contributed by atoms with Gasteiger partial charge in [-0.1, -0.05) is 5.16 Å². The van der Waals surface area contributed by atoms with E-state index in [4.69, 9.17) is 25.2 Å². The molecule has 3 N–H and O–H groups in total. The third-order valence-electron chi connectivity index (χ3n) is 2.25.